The predicted octanol–water partition coefficient (Wildman–Crippen LogP) is 6.19. The van der Waals surface area contributed by atoms with Crippen molar-refractivity contribution in [2.24, 2.45) is 0 Å². The van der Waals surface area contributed by atoms with Crippen LogP contribution in [0.3, 0.4) is 0 Å². The topological polar surface area (TPSA) is 23.5 Å². The molecule has 1 saturated heterocycles. The molecule has 0 amide bonds. The summed E-state index contributed by atoms with van der Waals surface area (Å²) in [7, 11) is 3.44. The average molecular weight is 444 g/mol. The molecule has 0 radical (unpaired) electrons. The second kappa shape index (κ2) is 10.8. The van der Waals surface area contributed by atoms with Crippen LogP contribution in [0.15, 0.2) is 69.8 Å². The first kappa shape index (κ1) is 23.3. The number of nitrogens with zero attached hydrogens (tertiary/aromatic N) is 2. The second-order valence-electron chi connectivity index (χ2n) is 8.17. The van der Waals surface area contributed by atoms with Gasteiger partial charge in [-0.2, -0.15) is 0 Å². The van der Waals surface area contributed by atoms with Gasteiger partial charge in [-0.15, -0.1) is 11.8 Å². The van der Waals surface area contributed by atoms with Crippen LogP contribution in [0.1, 0.15) is 25.7 Å². The van der Waals surface area contributed by atoms with E-state index in [2.05, 4.69) is 73.3 Å². The van der Waals surface area contributed by atoms with Gasteiger partial charge in [-0.3, -0.25) is 0 Å². The van der Waals surface area contributed by atoms with Crippen molar-refractivity contribution in [1.29, 1.82) is 0 Å². The smallest absolute Gasteiger partial charge is 0.0971 e. The third-order valence-electron chi connectivity index (χ3n) is 6.40. The molecule has 2 unspecified atom stereocenters. The zero-order valence-corrected chi connectivity index (χ0v) is 20.1. The van der Waals surface area contributed by atoms with E-state index in [1.54, 1.807) is 0 Å². The molecule has 0 spiro atoms. The van der Waals surface area contributed by atoms with Crippen molar-refractivity contribution in [3.8, 4) is 0 Å². The quantitative estimate of drug-likeness (QED) is 0.326. The number of aliphatic hydroxyl groups excluding tert-OH is 1. The van der Waals surface area contributed by atoms with Crippen LogP contribution in [0.4, 0.5) is 11.4 Å². The van der Waals surface area contributed by atoms with Crippen LogP contribution in [-0.4, -0.2) is 55.7 Å². The lowest BCUT2D eigenvalue weighted by Gasteiger charge is -2.45. The summed E-state index contributed by atoms with van der Waals surface area (Å²) < 4.78 is 1.16. The summed E-state index contributed by atoms with van der Waals surface area (Å²) in [5.41, 5.74) is 2.75. The molecule has 2 aromatic carbocycles. The fourth-order valence-electron chi connectivity index (χ4n) is 4.79. The number of likely N-dealkylation sites (tertiary alicyclic amines) is 1. The number of anilines is 2. The van der Waals surface area contributed by atoms with Gasteiger partial charge in [-0.05, 0) is 61.9 Å². The Bertz CT molecular complexity index is 857. The minimum absolute atomic E-state index is 0.723. The van der Waals surface area contributed by atoms with E-state index in [0.29, 0.717) is 0 Å². The second-order valence-corrected chi connectivity index (χ2v) is 10.1. The monoisotopic (exact) mass is 443 g/mol. The highest BCUT2D eigenvalue weighted by molar-refractivity contribution is 8.00. The Morgan fingerprint density at radius 3 is 2.70 bits per heavy atom. The maximum Gasteiger partial charge on any atom is 0.0971 e. The van der Waals surface area contributed by atoms with Gasteiger partial charge in [-0.25, -0.2) is 0 Å². The Morgan fingerprint density at radius 1 is 1.17 bits per heavy atom. The van der Waals surface area contributed by atoms with Crippen molar-refractivity contribution in [2.45, 2.75) is 46.4 Å². The molecule has 1 N–H and O–H groups in total. The summed E-state index contributed by atoms with van der Waals surface area (Å²) in [6.07, 6.45) is 9.57. The Balaban J connectivity index is 0.00000124. The van der Waals surface area contributed by atoms with E-state index >= 15 is 0 Å². The van der Waals surface area contributed by atoms with Crippen LogP contribution in [-0.2, 0) is 0 Å². The van der Waals surface area contributed by atoms with Crippen molar-refractivity contribution in [2.75, 3.05) is 44.9 Å². The number of hydrogen-bond acceptors (Lipinski definition) is 4. The third kappa shape index (κ3) is 4.91. The van der Waals surface area contributed by atoms with Gasteiger partial charge in [0.15, 0.2) is 0 Å². The van der Waals surface area contributed by atoms with E-state index in [0.717, 1.165) is 30.7 Å². The molecular weight excluding hydrogens is 408 g/mol. The fourth-order valence-corrected chi connectivity index (χ4v) is 6.30. The summed E-state index contributed by atoms with van der Waals surface area (Å²) in [6.45, 7) is 7.49. The number of fused-ring (bicyclic) bond motifs is 2. The lowest BCUT2D eigenvalue weighted by Crippen LogP contribution is -2.55. The molecule has 2 aliphatic rings. The number of likely N-dealkylation sites (N-methyl/N-ethyl adjacent to an activating group) is 1. The summed E-state index contributed by atoms with van der Waals surface area (Å²) in [5, 5.41) is 7.00. The number of rotatable bonds is 6. The average Bonchev–Trinajstić information content (AvgIpc) is 2.78. The summed E-state index contributed by atoms with van der Waals surface area (Å²) in [5.74, 6) is 0. The highest BCUT2D eigenvalue weighted by atomic mass is 32.2. The Morgan fingerprint density at radius 2 is 1.93 bits per heavy atom. The predicted molar refractivity (Wildman–Crippen MR) is 132 cm³/mol. The van der Waals surface area contributed by atoms with Crippen molar-refractivity contribution in [3.63, 3.8) is 0 Å². The maximum atomic E-state index is 7.00. The molecule has 162 valence electrons. The molecule has 5 heteroatoms. The van der Waals surface area contributed by atoms with Gasteiger partial charge in [0.2, 0.25) is 0 Å². The Kier molecular flexibility index (Phi) is 8.35. The van der Waals surface area contributed by atoms with Crippen molar-refractivity contribution in [3.05, 3.63) is 55.1 Å². The Hall–Kier alpha value is -1.40. The van der Waals surface area contributed by atoms with Gasteiger partial charge in [0.05, 0.1) is 37.6 Å². The van der Waals surface area contributed by atoms with Crippen LogP contribution < -0.4 is 4.90 Å². The highest BCUT2D eigenvalue weighted by Gasteiger charge is 2.35. The summed E-state index contributed by atoms with van der Waals surface area (Å²) >= 11 is 3.73. The van der Waals surface area contributed by atoms with Crippen LogP contribution in [0.2, 0.25) is 0 Å². The van der Waals surface area contributed by atoms with Crippen LogP contribution in [0.25, 0.3) is 0 Å². The van der Waals surface area contributed by atoms with E-state index in [-0.39, 0.29) is 0 Å². The lowest BCUT2D eigenvalue weighted by molar-refractivity contribution is -0.933. The fraction of sp³-hybridized carbons (Fsp3) is 0.440. The van der Waals surface area contributed by atoms with E-state index in [1.165, 1.54) is 58.3 Å². The number of quaternary nitrogens is 1. The molecule has 0 saturated carbocycles. The van der Waals surface area contributed by atoms with Gasteiger partial charge >= 0.3 is 0 Å². The zero-order chi connectivity index (χ0) is 21.6. The van der Waals surface area contributed by atoms with Crippen molar-refractivity contribution in [1.82, 2.24) is 0 Å². The molecule has 3 nitrogen and oxygen atoms in total. The number of thioether (sulfide) groups is 1. The Labute approximate surface area is 190 Å². The zero-order valence-electron chi connectivity index (χ0n) is 18.5. The molecule has 1 fully saturated rings. The standard InChI is InChI=1S/C24H31N2S2.CH4O/c1-4-16-26(2)17-8-7-9-19(26)14-15-25-21-10-5-6-11-23(21)28-24-13-12-20(27-3)18-22(24)25;1-2/h4-6,10-13,18-19H,1,7-9,14-17H2,2-3H3;2H,1H3/q+1;. The minimum Gasteiger partial charge on any atom is -0.400 e. The van der Waals surface area contributed by atoms with Gasteiger partial charge < -0.3 is 14.5 Å². The van der Waals surface area contributed by atoms with E-state index in [1.807, 2.05) is 23.5 Å². The molecule has 2 aliphatic heterocycles. The molecular formula is C25H35N2OS2+. The highest BCUT2D eigenvalue weighted by Crippen LogP contribution is 2.49. The van der Waals surface area contributed by atoms with Gasteiger partial charge in [0, 0.05) is 34.8 Å². The van der Waals surface area contributed by atoms with Crippen LogP contribution in [0.5, 0.6) is 0 Å². The van der Waals surface area contributed by atoms with Gasteiger partial charge in [0.25, 0.3) is 0 Å². The number of para-hydroxylation sites is 1. The summed E-state index contributed by atoms with van der Waals surface area (Å²) in [4.78, 5) is 6.67. The number of aliphatic hydroxyl groups is 1. The number of hydrogen-bond donors (Lipinski definition) is 1. The molecule has 2 aromatic rings. The minimum atomic E-state index is 0.723. The van der Waals surface area contributed by atoms with Crippen LogP contribution in [0, 0.1) is 0 Å². The SMILES string of the molecule is C=CC[N+]1(C)CCCCC1CCN1c2ccccc2Sc2ccc(SC)cc21.CO. The molecule has 0 bridgehead atoms. The van der Waals surface area contributed by atoms with E-state index < -0.39 is 0 Å². The van der Waals surface area contributed by atoms with E-state index in [9.17, 15) is 0 Å². The maximum absolute atomic E-state index is 7.00. The lowest BCUT2D eigenvalue weighted by atomic mass is 9.96. The molecule has 2 heterocycles. The van der Waals surface area contributed by atoms with Crippen molar-refractivity contribution >= 4 is 34.9 Å². The molecule has 2 atom stereocenters. The van der Waals surface area contributed by atoms with Crippen LogP contribution >= 0.6 is 23.5 Å². The first-order valence-electron chi connectivity index (χ1n) is 10.8. The molecule has 0 aliphatic carbocycles. The molecule has 4 rings (SSSR count). The number of piperidine rings is 1. The largest absolute Gasteiger partial charge is 0.400 e. The van der Waals surface area contributed by atoms with Gasteiger partial charge in [-0.1, -0.05) is 30.5 Å². The van der Waals surface area contributed by atoms with E-state index in [4.69, 9.17) is 5.11 Å². The normalized spacial score (nSPS) is 22.4. The first-order chi connectivity index (χ1) is 14.6. The summed E-state index contributed by atoms with van der Waals surface area (Å²) in [6, 6.07) is 16.5. The first-order valence-corrected chi connectivity index (χ1v) is 12.8. The molecule has 30 heavy (non-hydrogen) atoms. The van der Waals surface area contributed by atoms with Gasteiger partial charge in [0.1, 0.15) is 0 Å². The third-order valence-corrected chi connectivity index (χ3v) is 8.26. The number of benzene rings is 2. The molecule has 0 aromatic heterocycles. The van der Waals surface area contributed by atoms with Crippen molar-refractivity contribution < 1.29 is 9.59 Å².